The Hall–Kier alpha value is -1.00. The fourth-order valence-corrected chi connectivity index (χ4v) is 0.596. The van der Waals surface area contributed by atoms with Gasteiger partial charge in [0.25, 0.3) is 0 Å². The number of ketones is 1. The van der Waals surface area contributed by atoms with Gasteiger partial charge >= 0.3 is 6.18 Å². The van der Waals surface area contributed by atoms with Crippen LogP contribution in [0, 0.1) is 0 Å². The molecule has 0 aromatic heterocycles. The third kappa shape index (κ3) is 7.11. The highest BCUT2D eigenvalue weighted by Crippen LogP contribution is 2.12. The molecule has 0 saturated heterocycles. The highest BCUT2D eigenvalue weighted by Gasteiger charge is 2.26. The normalized spacial score (nSPS) is 12.9. The van der Waals surface area contributed by atoms with Crippen LogP contribution in [0.25, 0.3) is 0 Å². The Labute approximate surface area is 68.4 Å². The smallest absolute Gasteiger partial charge is 0.380 e. The summed E-state index contributed by atoms with van der Waals surface area (Å²) in [6.45, 7) is 1.58. The lowest BCUT2D eigenvalue weighted by Crippen LogP contribution is -2.27. The maximum absolute atomic E-state index is 11.6. The third-order valence-electron chi connectivity index (χ3n) is 0.987. The summed E-state index contributed by atoms with van der Waals surface area (Å²) < 4.78 is 34.7. The summed E-state index contributed by atoms with van der Waals surface area (Å²) in [4.78, 5) is 10.4. The van der Waals surface area contributed by atoms with Crippen LogP contribution in [0.5, 0.6) is 0 Å². The Kier molecular flexibility index (Phi) is 3.79. The molecule has 70 valence electrons. The van der Waals surface area contributed by atoms with Gasteiger partial charge in [0.1, 0.15) is 6.54 Å². The van der Waals surface area contributed by atoms with E-state index >= 15 is 0 Å². The molecule has 0 aromatic carbocycles. The summed E-state index contributed by atoms with van der Waals surface area (Å²) in [6, 6.07) is 0. The van der Waals surface area contributed by atoms with E-state index in [2.05, 4.69) is 5.32 Å². The lowest BCUT2D eigenvalue weighted by atomic mass is 10.3. The van der Waals surface area contributed by atoms with Crippen LogP contribution in [0.4, 0.5) is 13.2 Å². The predicted molar refractivity (Wildman–Crippen MR) is 38.5 cm³/mol. The second-order valence-electron chi connectivity index (χ2n) is 2.41. The first-order valence-corrected chi connectivity index (χ1v) is 3.31. The van der Waals surface area contributed by atoms with Crippen molar-refractivity contribution in [2.75, 3.05) is 6.54 Å². The minimum absolute atomic E-state index is 0.222. The summed E-state index contributed by atoms with van der Waals surface area (Å²) in [5.41, 5.74) is 0.222. The molecular weight excluding hydrogens is 171 g/mol. The molecule has 0 radical (unpaired) electrons. The van der Waals surface area contributed by atoms with Crippen LogP contribution < -0.4 is 5.32 Å². The molecule has 0 rings (SSSR count). The molecule has 0 aliphatic rings. The Morgan fingerprint density at radius 1 is 1.42 bits per heavy atom. The topological polar surface area (TPSA) is 29.1 Å². The van der Waals surface area contributed by atoms with E-state index in [9.17, 15) is 18.0 Å². The van der Waals surface area contributed by atoms with E-state index in [0.717, 1.165) is 6.08 Å². The average molecular weight is 181 g/mol. The van der Waals surface area contributed by atoms with Crippen LogP contribution in [0.2, 0.25) is 0 Å². The van der Waals surface area contributed by atoms with E-state index in [1.54, 1.807) is 0 Å². The fourth-order valence-electron chi connectivity index (χ4n) is 0.596. The van der Waals surface area contributed by atoms with Gasteiger partial charge in [-0.15, -0.1) is 0 Å². The Bertz CT molecular complexity index is 195. The molecule has 0 fully saturated rings. The zero-order chi connectivity index (χ0) is 9.78. The van der Waals surface area contributed by atoms with Gasteiger partial charge in [-0.25, -0.2) is 0 Å². The molecule has 0 heterocycles. The summed E-state index contributed by atoms with van der Waals surface area (Å²) in [5.74, 6) is -0.276. The van der Waals surface area contributed by atoms with E-state index < -0.39 is 12.7 Å². The van der Waals surface area contributed by atoms with Gasteiger partial charge in [-0.3, -0.25) is 4.79 Å². The van der Waals surface area contributed by atoms with Crippen molar-refractivity contribution in [3.63, 3.8) is 0 Å². The Morgan fingerprint density at radius 3 is 2.25 bits per heavy atom. The summed E-state index contributed by atoms with van der Waals surface area (Å²) in [6.07, 6.45) is -3.13. The van der Waals surface area contributed by atoms with Crippen molar-refractivity contribution in [3.8, 4) is 0 Å². The van der Waals surface area contributed by atoms with E-state index in [4.69, 9.17) is 0 Å². The number of hydrogen-bond acceptors (Lipinski definition) is 2. The minimum Gasteiger partial charge on any atom is -0.380 e. The number of nitrogens with one attached hydrogen (secondary N) is 1. The highest BCUT2D eigenvalue weighted by atomic mass is 19.4. The van der Waals surface area contributed by atoms with Gasteiger partial charge in [0, 0.05) is 5.70 Å². The zero-order valence-corrected chi connectivity index (χ0v) is 6.83. The average Bonchev–Trinajstić information content (AvgIpc) is 1.80. The Morgan fingerprint density at radius 2 is 1.92 bits per heavy atom. The Balaban J connectivity index is 3.87. The van der Waals surface area contributed by atoms with Crippen molar-refractivity contribution in [1.29, 1.82) is 0 Å². The second kappa shape index (κ2) is 4.13. The van der Waals surface area contributed by atoms with Gasteiger partial charge in [-0.05, 0) is 19.9 Å². The molecule has 12 heavy (non-hydrogen) atoms. The van der Waals surface area contributed by atoms with Gasteiger partial charge in [-0.2, -0.15) is 13.2 Å². The van der Waals surface area contributed by atoms with Crippen LogP contribution in [-0.4, -0.2) is 18.5 Å². The summed E-state index contributed by atoms with van der Waals surface area (Å²) >= 11 is 0. The lowest BCUT2D eigenvalue weighted by molar-refractivity contribution is -0.123. The first-order valence-electron chi connectivity index (χ1n) is 3.31. The van der Waals surface area contributed by atoms with Gasteiger partial charge in [0.15, 0.2) is 5.78 Å². The molecule has 0 aliphatic heterocycles. The maximum atomic E-state index is 11.6. The van der Waals surface area contributed by atoms with Gasteiger partial charge in [0.05, 0.1) is 0 Å². The molecule has 0 saturated carbocycles. The summed E-state index contributed by atoms with van der Waals surface area (Å²) in [5, 5.41) is 2.07. The molecule has 0 spiro atoms. The minimum atomic E-state index is -4.24. The van der Waals surface area contributed by atoms with Crippen molar-refractivity contribution in [2.24, 2.45) is 0 Å². The molecular formula is C7H10F3NO. The molecule has 2 nitrogen and oxygen atoms in total. The van der Waals surface area contributed by atoms with Crippen LogP contribution in [0.15, 0.2) is 11.8 Å². The molecule has 0 aromatic rings. The van der Waals surface area contributed by atoms with Crippen molar-refractivity contribution in [3.05, 3.63) is 11.8 Å². The molecule has 0 aliphatic carbocycles. The second-order valence-corrected chi connectivity index (χ2v) is 2.41. The van der Waals surface area contributed by atoms with Gasteiger partial charge in [0.2, 0.25) is 0 Å². The molecule has 5 heteroatoms. The van der Waals surface area contributed by atoms with Crippen molar-refractivity contribution in [1.82, 2.24) is 5.32 Å². The summed E-state index contributed by atoms with van der Waals surface area (Å²) in [7, 11) is 0. The lowest BCUT2D eigenvalue weighted by Gasteiger charge is -2.08. The van der Waals surface area contributed by atoms with E-state index in [0.29, 0.717) is 0 Å². The number of halogens is 3. The predicted octanol–water partition coefficient (Wildman–Crippen LogP) is 1.63. The van der Waals surface area contributed by atoms with Crippen LogP contribution >= 0.6 is 0 Å². The standard InChI is InChI=1S/C7H10F3NO/c1-5(3-6(2)12)11-4-7(8,9)10/h3,11H,4H2,1-2H3/b5-3-. The molecule has 1 N–H and O–H groups in total. The maximum Gasteiger partial charge on any atom is 0.405 e. The molecule has 0 atom stereocenters. The number of alkyl halides is 3. The first kappa shape index (κ1) is 11.0. The quantitative estimate of drug-likeness (QED) is 0.670. The number of hydrogen-bond donors (Lipinski definition) is 1. The van der Waals surface area contributed by atoms with Crippen molar-refractivity contribution in [2.45, 2.75) is 20.0 Å². The van der Waals surface area contributed by atoms with Crippen LogP contribution in [0.3, 0.4) is 0 Å². The SMILES string of the molecule is CC(=O)/C=C(/C)NCC(F)(F)F. The van der Waals surface area contributed by atoms with E-state index in [1.165, 1.54) is 13.8 Å². The number of carbonyl (C=O) groups excluding carboxylic acids is 1. The molecule has 0 bridgehead atoms. The van der Waals surface area contributed by atoms with Gasteiger partial charge in [-0.1, -0.05) is 0 Å². The van der Waals surface area contributed by atoms with Crippen molar-refractivity contribution < 1.29 is 18.0 Å². The molecule has 0 amide bonds. The fraction of sp³-hybridized carbons (Fsp3) is 0.571. The van der Waals surface area contributed by atoms with E-state index in [1.807, 2.05) is 0 Å². The number of rotatable bonds is 3. The van der Waals surface area contributed by atoms with Crippen molar-refractivity contribution >= 4 is 5.78 Å². The first-order chi connectivity index (χ1) is 5.31. The zero-order valence-electron chi connectivity index (χ0n) is 6.83. The number of carbonyl (C=O) groups is 1. The molecule has 0 unspecified atom stereocenters. The van der Waals surface area contributed by atoms with Crippen LogP contribution in [-0.2, 0) is 4.79 Å². The van der Waals surface area contributed by atoms with E-state index in [-0.39, 0.29) is 11.5 Å². The highest BCUT2D eigenvalue weighted by molar-refractivity contribution is 5.87. The number of allylic oxidation sites excluding steroid dienone is 2. The van der Waals surface area contributed by atoms with Crippen LogP contribution in [0.1, 0.15) is 13.8 Å². The largest absolute Gasteiger partial charge is 0.405 e. The van der Waals surface area contributed by atoms with Gasteiger partial charge < -0.3 is 5.32 Å². The third-order valence-corrected chi connectivity index (χ3v) is 0.987. The monoisotopic (exact) mass is 181 g/mol.